The summed E-state index contributed by atoms with van der Waals surface area (Å²) >= 11 is 6.21. The molecule has 1 atom stereocenters. The molecule has 1 unspecified atom stereocenters. The Morgan fingerprint density at radius 3 is 2.90 bits per heavy atom. The lowest BCUT2D eigenvalue weighted by atomic mass is 10.1. The number of aromatic nitrogens is 3. The summed E-state index contributed by atoms with van der Waals surface area (Å²) in [5.74, 6) is -0.327. The van der Waals surface area contributed by atoms with E-state index in [1.54, 1.807) is 24.0 Å². The van der Waals surface area contributed by atoms with Crippen LogP contribution in [0.5, 0.6) is 0 Å². The highest BCUT2D eigenvalue weighted by Crippen LogP contribution is 2.25. The summed E-state index contributed by atoms with van der Waals surface area (Å²) in [4.78, 5) is 32.5. The van der Waals surface area contributed by atoms with E-state index in [0.29, 0.717) is 41.7 Å². The van der Waals surface area contributed by atoms with Crippen molar-refractivity contribution in [1.29, 1.82) is 0 Å². The SMILES string of the molecule is Cc1nonc1CNC(=O)C1CN(C(=O)c2cc3c(Cl)cccc3[nH]2)CCN1C. The molecule has 2 amide bonds. The van der Waals surface area contributed by atoms with Crippen LogP contribution in [0.3, 0.4) is 0 Å². The Morgan fingerprint density at radius 1 is 1.34 bits per heavy atom. The highest BCUT2D eigenvalue weighted by atomic mass is 35.5. The van der Waals surface area contributed by atoms with Crippen molar-refractivity contribution in [3.8, 4) is 0 Å². The summed E-state index contributed by atoms with van der Waals surface area (Å²) in [6.07, 6.45) is 0. The van der Waals surface area contributed by atoms with Gasteiger partial charge in [-0.3, -0.25) is 14.5 Å². The number of fused-ring (bicyclic) bond motifs is 1. The fourth-order valence-electron chi connectivity index (χ4n) is 3.44. The third kappa shape index (κ3) is 3.83. The first-order valence-electron chi connectivity index (χ1n) is 9.26. The van der Waals surface area contributed by atoms with Gasteiger partial charge in [-0.15, -0.1) is 0 Å². The molecular formula is C19H21ClN6O3. The van der Waals surface area contributed by atoms with Gasteiger partial charge in [0.2, 0.25) is 5.91 Å². The number of amides is 2. The third-order valence-electron chi connectivity index (χ3n) is 5.26. The van der Waals surface area contributed by atoms with Gasteiger partial charge >= 0.3 is 0 Å². The lowest BCUT2D eigenvalue weighted by Gasteiger charge is -2.38. The fraction of sp³-hybridized carbons (Fsp3) is 0.368. The monoisotopic (exact) mass is 416 g/mol. The molecule has 10 heteroatoms. The maximum absolute atomic E-state index is 13.0. The van der Waals surface area contributed by atoms with E-state index in [2.05, 4.69) is 25.2 Å². The van der Waals surface area contributed by atoms with Gasteiger partial charge < -0.3 is 15.2 Å². The number of carbonyl (C=O) groups excluding carboxylic acids is 2. The molecule has 2 N–H and O–H groups in total. The molecule has 0 spiro atoms. The lowest BCUT2D eigenvalue weighted by Crippen LogP contribution is -2.58. The number of hydrogen-bond acceptors (Lipinski definition) is 6. The van der Waals surface area contributed by atoms with Crippen LogP contribution in [-0.2, 0) is 11.3 Å². The number of rotatable bonds is 4. The van der Waals surface area contributed by atoms with Crippen LogP contribution in [0.15, 0.2) is 28.9 Å². The molecule has 0 aliphatic carbocycles. The molecule has 152 valence electrons. The first-order valence-corrected chi connectivity index (χ1v) is 9.64. The largest absolute Gasteiger partial charge is 0.350 e. The quantitative estimate of drug-likeness (QED) is 0.668. The van der Waals surface area contributed by atoms with Crippen LogP contribution in [0.4, 0.5) is 0 Å². The number of aryl methyl sites for hydroxylation is 1. The van der Waals surface area contributed by atoms with Crippen molar-refractivity contribution in [3.05, 3.63) is 46.4 Å². The molecule has 0 radical (unpaired) electrons. The average molecular weight is 417 g/mol. The van der Waals surface area contributed by atoms with Gasteiger partial charge in [-0.2, -0.15) is 0 Å². The minimum atomic E-state index is -0.458. The van der Waals surface area contributed by atoms with Gasteiger partial charge in [0.05, 0.1) is 6.54 Å². The molecule has 1 aliphatic rings. The van der Waals surface area contributed by atoms with E-state index >= 15 is 0 Å². The highest BCUT2D eigenvalue weighted by Gasteiger charge is 2.33. The van der Waals surface area contributed by atoms with Crippen LogP contribution < -0.4 is 5.32 Å². The van der Waals surface area contributed by atoms with Crippen LogP contribution in [-0.4, -0.2) is 69.6 Å². The number of H-pyrrole nitrogens is 1. The number of piperazine rings is 1. The summed E-state index contributed by atoms with van der Waals surface area (Å²) < 4.78 is 4.65. The standard InChI is InChI=1S/C19H21ClN6O3/c1-11-16(24-29-23-11)9-21-18(27)17-10-26(7-6-25(17)2)19(28)15-8-12-13(20)4-3-5-14(12)22-15/h3-5,8,17,22H,6-7,9-10H2,1-2H3,(H,21,27). The van der Waals surface area contributed by atoms with Crippen LogP contribution in [0.2, 0.25) is 5.02 Å². The second-order valence-corrected chi connectivity index (χ2v) is 7.55. The number of halogens is 1. The molecule has 1 fully saturated rings. The molecule has 4 rings (SSSR count). The molecule has 0 saturated carbocycles. The fourth-order valence-corrected chi connectivity index (χ4v) is 3.67. The molecule has 3 aromatic rings. The Labute approximate surface area is 171 Å². The summed E-state index contributed by atoms with van der Waals surface area (Å²) in [7, 11) is 1.87. The van der Waals surface area contributed by atoms with Gasteiger partial charge in [0.1, 0.15) is 23.1 Å². The second-order valence-electron chi connectivity index (χ2n) is 7.15. The van der Waals surface area contributed by atoms with Crippen molar-refractivity contribution >= 4 is 34.3 Å². The number of benzene rings is 1. The maximum atomic E-state index is 13.0. The number of nitrogens with one attached hydrogen (secondary N) is 2. The number of hydrogen-bond donors (Lipinski definition) is 2. The Bertz CT molecular complexity index is 1060. The van der Waals surface area contributed by atoms with Gasteiger partial charge in [0, 0.05) is 35.6 Å². The number of aromatic amines is 1. The van der Waals surface area contributed by atoms with E-state index in [0.717, 1.165) is 10.9 Å². The van der Waals surface area contributed by atoms with Crippen LogP contribution >= 0.6 is 11.6 Å². The van der Waals surface area contributed by atoms with Crippen LogP contribution in [0.1, 0.15) is 21.9 Å². The Hall–Kier alpha value is -2.91. The molecular weight excluding hydrogens is 396 g/mol. The van der Waals surface area contributed by atoms with Crippen molar-refractivity contribution in [3.63, 3.8) is 0 Å². The van der Waals surface area contributed by atoms with Crippen LogP contribution in [0.25, 0.3) is 10.9 Å². The van der Waals surface area contributed by atoms with Gasteiger partial charge in [0.15, 0.2) is 0 Å². The van der Waals surface area contributed by atoms with E-state index in [-0.39, 0.29) is 18.4 Å². The molecule has 0 bridgehead atoms. The summed E-state index contributed by atoms with van der Waals surface area (Å²) in [6.45, 7) is 3.41. The molecule has 29 heavy (non-hydrogen) atoms. The first-order chi connectivity index (χ1) is 13.9. The van der Waals surface area contributed by atoms with Gasteiger partial charge in [-0.1, -0.05) is 28.0 Å². The molecule has 1 saturated heterocycles. The Morgan fingerprint density at radius 2 is 2.17 bits per heavy atom. The highest BCUT2D eigenvalue weighted by molar-refractivity contribution is 6.35. The van der Waals surface area contributed by atoms with Crippen molar-refractivity contribution in [1.82, 2.24) is 30.4 Å². The van der Waals surface area contributed by atoms with E-state index in [1.807, 2.05) is 24.1 Å². The third-order valence-corrected chi connectivity index (χ3v) is 5.59. The van der Waals surface area contributed by atoms with Crippen LogP contribution in [0, 0.1) is 6.92 Å². The molecule has 1 aromatic carbocycles. The summed E-state index contributed by atoms with van der Waals surface area (Å²) in [5.41, 5.74) is 2.48. The molecule has 3 heterocycles. The van der Waals surface area contributed by atoms with Crippen molar-refractivity contribution < 1.29 is 14.2 Å². The van der Waals surface area contributed by atoms with Crippen molar-refractivity contribution in [2.24, 2.45) is 0 Å². The predicted octanol–water partition coefficient (Wildman–Crippen LogP) is 1.59. The average Bonchev–Trinajstić information content (AvgIpc) is 3.33. The van der Waals surface area contributed by atoms with Crippen molar-refractivity contribution in [2.75, 3.05) is 26.7 Å². The van der Waals surface area contributed by atoms with E-state index in [9.17, 15) is 9.59 Å². The zero-order valence-corrected chi connectivity index (χ0v) is 16.9. The van der Waals surface area contributed by atoms with E-state index in [1.165, 1.54) is 0 Å². The zero-order chi connectivity index (χ0) is 20.5. The first kappa shape index (κ1) is 19.4. The minimum absolute atomic E-state index is 0.153. The smallest absolute Gasteiger partial charge is 0.270 e. The van der Waals surface area contributed by atoms with Gasteiger partial charge in [0.25, 0.3) is 5.91 Å². The van der Waals surface area contributed by atoms with Gasteiger partial charge in [-0.25, -0.2) is 4.63 Å². The number of likely N-dealkylation sites (N-methyl/N-ethyl adjacent to an activating group) is 1. The normalized spacial score (nSPS) is 17.6. The molecule has 1 aliphatic heterocycles. The Kier molecular flexibility index (Phi) is 5.25. The molecule has 2 aromatic heterocycles. The van der Waals surface area contributed by atoms with E-state index < -0.39 is 6.04 Å². The molecule has 9 nitrogen and oxygen atoms in total. The number of carbonyl (C=O) groups is 2. The van der Waals surface area contributed by atoms with E-state index in [4.69, 9.17) is 11.6 Å². The maximum Gasteiger partial charge on any atom is 0.270 e. The van der Waals surface area contributed by atoms with Crippen molar-refractivity contribution in [2.45, 2.75) is 19.5 Å². The lowest BCUT2D eigenvalue weighted by molar-refractivity contribution is -0.127. The summed E-state index contributed by atoms with van der Waals surface area (Å²) in [5, 5.41) is 11.7. The topological polar surface area (TPSA) is 107 Å². The zero-order valence-electron chi connectivity index (χ0n) is 16.1. The second kappa shape index (κ2) is 7.84. The predicted molar refractivity (Wildman–Crippen MR) is 107 cm³/mol. The summed E-state index contributed by atoms with van der Waals surface area (Å²) in [6, 6.07) is 6.79. The van der Waals surface area contributed by atoms with Gasteiger partial charge in [-0.05, 0) is 32.2 Å². The minimum Gasteiger partial charge on any atom is -0.350 e. The number of nitrogens with zero attached hydrogens (tertiary/aromatic N) is 4. The Balaban J connectivity index is 1.45.